The van der Waals surface area contributed by atoms with Gasteiger partial charge in [0.05, 0.1) is 23.1 Å². The Morgan fingerprint density at radius 3 is 2.90 bits per heavy atom. The van der Waals surface area contributed by atoms with Gasteiger partial charge in [0.1, 0.15) is 5.82 Å². The van der Waals surface area contributed by atoms with Crippen LogP contribution in [0.4, 0.5) is 0 Å². The van der Waals surface area contributed by atoms with E-state index in [1.165, 1.54) is 0 Å². The summed E-state index contributed by atoms with van der Waals surface area (Å²) in [7, 11) is 0. The molecule has 2 aromatic rings. The summed E-state index contributed by atoms with van der Waals surface area (Å²) in [5, 5.41) is 2.94. The standard InChI is InChI=1S/C15H20N4O/c1-3-18(4-2)10-13-17-12-7-5-6-11-14(12)19(13)9-8-16-15(11)20/h5-7H,3-4,8-10H2,1-2H3,(H,16,20). The Hall–Kier alpha value is -1.88. The fraction of sp³-hybridized carbons (Fsp3) is 0.467. The SMILES string of the molecule is CCN(CC)Cc1nc2cccc3c2n1CCNC3=O. The first kappa shape index (κ1) is 13.1. The van der Waals surface area contributed by atoms with Crippen molar-refractivity contribution in [2.45, 2.75) is 26.9 Å². The first-order valence-electron chi connectivity index (χ1n) is 7.23. The molecule has 0 saturated carbocycles. The highest BCUT2D eigenvalue weighted by Crippen LogP contribution is 2.23. The van der Waals surface area contributed by atoms with Crippen molar-refractivity contribution in [2.24, 2.45) is 0 Å². The van der Waals surface area contributed by atoms with Gasteiger partial charge in [0.2, 0.25) is 0 Å². The Balaban J connectivity index is 2.12. The van der Waals surface area contributed by atoms with E-state index >= 15 is 0 Å². The molecular formula is C15H20N4O. The van der Waals surface area contributed by atoms with Gasteiger partial charge < -0.3 is 9.88 Å². The molecule has 1 amide bonds. The van der Waals surface area contributed by atoms with E-state index in [0.717, 1.165) is 48.6 Å². The van der Waals surface area contributed by atoms with Crippen molar-refractivity contribution in [1.82, 2.24) is 19.8 Å². The molecule has 5 nitrogen and oxygen atoms in total. The number of hydrogen-bond donors (Lipinski definition) is 1. The lowest BCUT2D eigenvalue weighted by Gasteiger charge is -2.18. The molecule has 0 radical (unpaired) electrons. The van der Waals surface area contributed by atoms with E-state index in [0.29, 0.717) is 6.54 Å². The van der Waals surface area contributed by atoms with E-state index < -0.39 is 0 Å². The average Bonchev–Trinajstić information content (AvgIpc) is 2.72. The molecule has 0 fully saturated rings. The zero-order valence-electron chi connectivity index (χ0n) is 12.0. The molecule has 20 heavy (non-hydrogen) atoms. The number of carbonyl (C=O) groups excluding carboxylic acids is 1. The van der Waals surface area contributed by atoms with Crippen molar-refractivity contribution in [1.29, 1.82) is 0 Å². The molecule has 1 N–H and O–H groups in total. The summed E-state index contributed by atoms with van der Waals surface area (Å²) in [6, 6.07) is 5.77. The summed E-state index contributed by atoms with van der Waals surface area (Å²) in [6.07, 6.45) is 0. The number of imidazole rings is 1. The minimum atomic E-state index is 0.00337. The molecule has 3 rings (SSSR count). The third-order valence-corrected chi connectivity index (χ3v) is 3.97. The van der Waals surface area contributed by atoms with Crippen LogP contribution in [0, 0.1) is 0 Å². The highest BCUT2D eigenvalue weighted by Gasteiger charge is 2.21. The van der Waals surface area contributed by atoms with Crippen LogP contribution in [0.25, 0.3) is 11.0 Å². The van der Waals surface area contributed by atoms with Crippen LogP contribution in [0.3, 0.4) is 0 Å². The van der Waals surface area contributed by atoms with Crippen LogP contribution in [-0.2, 0) is 13.1 Å². The number of aromatic nitrogens is 2. The van der Waals surface area contributed by atoms with Crippen LogP contribution < -0.4 is 5.32 Å². The summed E-state index contributed by atoms with van der Waals surface area (Å²) in [6.45, 7) is 8.60. The Labute approximate surface area is 118 Å². The van der Waals surface area contributed by atoms with Crippen molar-refractivity contribution >= 4 is 16.9 Å². The van der Waals surface area contributed by atoms with E-state index in [-0.39, 0.29) is 5.91 Å². The molecule has 0 spiro atoms. The quantitative estimate of drug-likeness (QED) is 0.920. The zero-order valence-corrected chi connectivity index (χ0v) is 12.0. The molecular weight excluding hydrogens is 252 g/mol. The molecule has 1 aliphatic rings. The van der Waals surface area contributed by atoms with Crippen LogP contribution >= 0.6 is 0 Å². The van der Waals surface area contributed by atoms with Crippen LogP contribution in [0.15, 0.2) is 18.2 Å². The van der Waals surface area contributed by atoms with Gasteiger partial charge in [-0.2, -0.15) is 0 Å². The van der Waals surface area contributed by atoms with Crippen LogP contribution in [0.1, 0.15) is 30.0 Å². The van der Waals surface area contributed by atoms with Crippen molar-refractivity contribution in [3.05, 3.63) is 29.6 Å². The highest BCUT2D eigenvalue weighted by atomic mass is 16.1. The Morgan fingerprint density at radius 1 is 1.35 bits per heavy atom. The number of para-hydroxylation sites is 1. The Kier molecular flexibility index (Phi) is 3.44. The number of nitrogens with zero attached hydrogens (tertiary/aromatic N) is 3. The highest BCUT2D eigenvalue weighted by molar-refractivity contribution is 6.05. The smallest absolute Gasteiger partial charge is 0.253 e. The molecule has 0 unspecified atom stereocenters. The average molecular weight is 272 g/mol. The monoisotopic (exact) mass is 272 g/mol. The predicted octanol–water partition coefficient (Wildman–Crippen LogP) is 1.62. The van der Waals surface area contributed by atoms with Gasteiger partial charge >= 0.3 is 0 Å². The van der Waals surface area contributed by atoms with Gasteiger partial charge in [-0.3, -0.25) is 9.69 Å². The molecule has 1 aromatic carbocycles. The maximum Gasteiger partial charge on any atom is 0.253 e. The number of nitrogens with one attached hydrogen (secondary N) is 1. The molecule has 106 valence electrons. The summed E-state index contributed by atoms with van der Waals surface area (Å²) in [4.78, 5) is 19.1. The van der Waals surface area contributed by atoms with Gasteiger partial charge in [-0.15, -0.1) is 0 Å². The number of carbonyl (C=O) groups is 1. The second kappa shape index (κ2) is 5.25. The topological polar surface area (TPSA) is 50.2 Å². The first-order chi connectivity index (χ1) is 9.74. The lowest BCUT2D eigenvalue weighted by molar-refractivity contribution is 0.0956. The molecule has 0 bridgehead atoms. The first-order valence-corrected chi connectivity index (χ1v) is 7.23. The van der Waals surface area contributed by atoms with E-state index in [1.807, 2.05) is 18.2 Å². The molecule has 1 aromatic heterocycles. The lowest BCUT2D eigenvalue weighted by Crippen LogP contribution is -2.26. The summed E-state index contributed by atoms with van der Waals surface area (Å²) in [5.41, 5.74) is 2.63. The predicted molar refractivity (Wildman–Crippen MR) is 78.7 cm³/mol. The number of rotatable bonds is 4. The molecule has 5 heteroatoms. The van der Waals surface area contributed by atoms with E-state index in [9.17, 15) is 4.79 Å². The van der Waals surface area contributed by atoms with E-state index in [1.54, 1.807) is 0 Å². The fourth-order valence-electron chi connectivity index (χ4n) is 2.80. The van der Waals surface area contributed by atoms with Gasteiger partial charge in [-0.05, 0) is 25.2 Å². The van der Waals surface area contributed by atoms with E-state index in [4.69, 9.17) is 4.98 Å². The second-order valence-electron chi connectivity index (χ2n) is 5.07. The number of hydrogen-bond acceptors (Lipinski definition) is 3. The maximum absolute atomic E-state index is 12.1. The molecule has 1 aliphatic heterocycles. The van der Waals surface area contributed by atoms with Crippen molar-refractivity contribution in [3.8, 4) is 0 Å². The van der Waals surface area contributed by atoms with Gasteiger partial charge in [-0.1, -0.05) is 19.9 Å². The fourth-order valence-corrected chi connectivity index (χ4v) is 2.80. The summed E-state index contributed by atoms with van der Waals surface area (Å²) < 4.78 is 2.20. The van der Waals surface area contributed by atoms with Gasteiger partial charge in [0.15, 0.2) is 0 Å². The normalized spacial score (nSPS) is 14.7. The molecule has 0 saturated heterocycles. The number of amides is 1. The van der Waals surface area contributed by atoms with Crippen molar-refractivity contribution < 1.29 is 4.79 Å². The van der Waals surface area contributed by atoms with Gasteiger partial charge in [-0.25, -0.2) is 4.98 Å². The molecule has 2 heterocycles. The van der Waals surface area contributed by atoms with E-state index in [2.05, 4.69) is 28.6 Å². The van der Waals surface area contributed by atoms with Crippen LogP contribution in [0.2, 0.25) is 0 Å². The minimum Gasteiger partial charge on any atom is -0.350 e. The van der Waals surface area contributed by atoms with Gasteiger partial charge in [0.25, 0.3) is 5.91 Å². The van der Waals surface area contributed by atoms with Crippen molar-refractivity contribution in [2.75, 3.05) is 19.6 Å². The van der Waals surface area contributed by atoms with Crippen LogP contribution in [-0.4, -0.2) is 40.0 Å². The van der Waals surface area contributed by atoms with Crippen LogP contribution in [0.5, 0.6) is 0 Å². The Morgan fingerprint density at radius 2 is 2.15 bits per heavy atom. The second-order valence-corrected chi connectivity index (χ2v) is 5.07. The summed E-state index contributed by atoms with van der Waals surface area (Å²) >= 11 is 0. The lowest BCUT2D eigenvalue weighted by atomic mass is 10.2. The third kappa shape index (κ3) is 2.08. The summed E-state index contributed by atoms with van der Waals surface area (Å²) in [5.74, 6) is 1.05. The Bertz CT molecular complexity index is 643. The van der Waals surface area contributed by atoms with Gasteiger partial charge in [0, 0.05) is 13.1 Å². The third-order valence-electron chi connectivity index (χ3n) is 3.97. The van der Waals surface area contributed by atoms with Crippen molar-refractivity contribution in [3.63, 3.8) is 0 Å². The largest absolute Gasteiger partial charge is 0.350 e. The minimum absolute atomic E-state index is 0.00337. The number of benzene rings is 1. The maximum atomic E-state index is 12.1. The molecule has 0 aliphatic carbocycles. The molecule has 0 atom stereocenters. The zero-order chi connectivity index (χ0) is 14.1.